The molecule has 1 aliphatic rings. The van der Waals surface area contributed by atoms with Crippen LogP contribution in [0.1, 0.15) is 25.0 Å². The van der Waals surface area contributed by atoms with Crippen LogP contribution in [0.15, 0.2) is 71.6 Å². The van der Waals surface area contributed by atoms with Crippen molar-refractivity contribution in [1.29, 1.82) is 0 Å². The number of nitrogens with one attached hydrogen (secondary N) is 1. The predicted octanol–water partition coefficient (Wildman–Crippen LogP) is 6.46. The summed E-state index contributed by atoms with van der Waals surface area (Å²) in [7, 11) is 0. The summed E-state index contributed by atoms with van der Waals surface area (Å²) in [6.07, 6.45) is 2.10. The van der Waals surface area contributed by atoms with Crippen molar-refractivity contribution in [2.75, 3.05) is 11.6 Å². The summed E-state index contributed by atoms with van der Waals surface area (Å²) in [4.78, 5) is 1.28. The third kappa shape index (κ3) is 2.42. The van der Waals surface area contributed by atoms with Gasteiger partial charge in [0, 0.05) is 21.7 Å². The Morgan fingerprint density at radius 3 is 2.17 bits per heavy atom. The lowest BCUT2D eigenvalue weighted by atomic mass is 9.82. The summed E-state index contributed by atoms with van der Waals surface area (Å²) < 4.78 is 0. The molecule has 2 heteroatoms. The maximum Gasteiger partial charge on any atom is 0.0390 e. The minimum absolute atomic E-state index is 0.0739. The van der Waals surface area contributed by atoms with Crippen molar-refractivity contribution in [1.82, 2.24) is 0 Å². The Labute approximate surface area is 148 Å². The third-order valence-electron chi connectivity index (χ3n) is 4.96. The van der Waals surface area contributed by atoms with Crippen molar-refractivity contribution < 1.29 is 0 Å². The van der Waals surface area contributed by atoms with Gasteiger partial charge in [-0.05, 0) is 64.9 Å². The van der Waals surface area contributed by atoms with Crippen LogP contribution < -0.4 is 5.32 Å². The van der Waals surface area contributed by atoms with Crippen LogP contribution in [0.4, 0.5) is 11.4 Å². The maximum atomic E-state index is 3.53. The zero-order valence-electron chi connectivity index (χ0n) is 14.3. The molecule has 0 saturated carbocycles. The molecule has 0 fully saturated rings. The summed E-state index contributed by atoms with van der Waals surface area (Å²) in [6.45, 7) is 4.62. The number of rotatable bonds is 3. The van der Waals surface area contributed by atoms with Crippen LogP contribution in [0, 0.1) is 0 Å². The highest BCUT2D eigenvalue weighted by molar-refractivity contribution is 7.98. The van der Waals surface area contributed by atoms with Gasteiger partial charge in [0.05, 0.1) is 0 Å². The molecule has 0 unspecified atom stereocenters. The van der Waals surface area contributed by atoms with Crippen LogP contribution >= 0.6 is 11.8 Å². The van der Waals surface area contributed by atoms with Crippen LogP contribution in [0.5, 0.6) is 0 Å². The highest BCUT2D eigenvalue weighted by Gasteiger charge is 2.34. The molecule has 120 valence electrons. The lowest BCUT2D eigenvalue weighted by molar-refractivity contribution is 0.660. The molecule has 0 bridgehead atoms. The number of anilines is 2. The summed E-state index contributed by atoms with van der Waals surface area (Å²) in [5, 5.41) is 3.53. The van der Waals surface area contributed by atoms with Gasteiger partial charge in [0.1, 0.15) is 0 Å². The molecular formula is C22H21NS. The number of hydrogen-bond donors (Lipinski definition) is 1. The van der Waals surface area contributed by atoms with E-state index in [2.05, 4.69) is 92.2 Å². The molecule has 0 atom stereocenters. The van der Waals surface area contributed by atoms with Crippen molar-refractivity contribution >= 4 is 23.1 Å². The Balaban J connectivity index is 1.72. The average Bonchev–Trinajstić information content (AvgIpc) is 2.84. The molecule has 0 radical (unpaired) electrons. The van der Waals surface area contributed by atoms with E-state index in [9.17, 15) is 0 Å². The Morgan fingerprint density at radius 2 is 1.42 bits per heavy atom. The number of benzene rings is 3. The van der Waals surface area contributed by atoms with E-state index in [1.807, 2.05) is 0 Å². The molecule has 1 N–H and O–H groups in total. The van der Waals surface area contributed by atoms with Gasteiger partial charge in [0.15, 0.2) is 0 Å². The fourth-order valence-corrected chi connectivity index (χ4v) is 4.05. The molecule has 0 saturated heterocycles. The molecule has 0 amide bonds. The van der Waals surface area contributed by atoms with E-state index in [0.29, 0.717) is 0 Å². The number of hydrogen-bond acceptors (Lipinski definition) is 2. The topological polar surface area (TPSA) is 12.0 Å². The lowest BCUT2D eigenvalue weighted by Crippen LogP contribution is -2.14. The largest absolute Gasteiger partial charge is 0.356 e. The van der Waals surface area contributed by atoms with E-state index >= 15 is 0 Å². The number of thioether (sulfide) groups is 1. The minimum atomic E-state index is 0.0739. The minimum Gasteiger partial charge on any atom is -0.356 e. The SMILES string of the molecule is CSc1ccc(Nc2ccc3c(c2)-c2ccccc2C3(C)C)cc1. The van der Waals surface area contributed by atoms with Crippen molar-refractivity contribution in [3.05, 3.63) is 77.9 Å². The molecule has 0 spiro atoms. The van der Waals surface area contributed by atoms with Gasteiger partial charge in [-0.25, -0.2) is 0 Å². The first-order valence-electron chi connectivity index (χ1n) is 8.25. The Morgan fingerprint density at radius 1 is 0.750 bits per heavy atom. The molecule has 3 aromatic rings. The fourth-order valence-electron chi connectivity index (χ4n) is 3.64. The van der Waals surface area contributed by atoms with Crippen LogP contribution in [0.2, 0.25) is 0 Å². The van der Waals surface area contributed by atoms with Crippen LogP contribution in [-0.4, -0.2) is 6.26 Å². The van der Waals surface area contributed by atoms with Gasteiger partial charge in [0.25, 0.3) is 0 Å². The standard InChI is InChI=1S/C22H21NS/c1-22(2)20-7-5-4-6-18(20)19-14-16(10-13-21(19)22)23-15-8-11-17(24-3)12-9-15/h4-14,23H,1-3H3. The normalized spacial score (nSPS) is 14.1. The Kier molecular flexibility index (Phi) is 3.65. The quantitative estimate of drug-likeness (QED) is 0.553. The predicted molar refractivity (Wildman–Crippen MR) is 106 cm³/mol. The second-order valence-electron chi connectivity index (χ2n) is 6.78. The molecule has 0 aromatic heterocycles. The zero-order valence-corrected chi connectivity index (χ0v) is 15.1. The zero-order chi connectivity index (χ0) is 16.7. The molecule has 1 nitrogen and oxygen atoms in total. The highest BCUT2D eigenvalue weighted by atomic mass is 32.2. The van der Waals surface area contributed by atoms with E-state index in [0.717, 1.165) is 11.4 Å². The molecule has 3 aromatic carbocycles. The van der Waals surface area contributed by atoms with Gasteiger partial charge in [-0.15, -0.1) is 11.8 Å². The summed E-state index contributed by atoms with van der Waals surface area (Å²) in [5.41, 5.74) is 7.87. The van der Waals surface area contributed by atoms with Gasteiger partial charge < -0.3 is 5.32 Å². The van der Waals surface area contributed by atoms with E-state index in [1.165, 1.54) is 27.1 Å². The van der Waals surface area contributed by atoms with Gasteiger partial charge >= 0.3 is 0 Å². The fraction of sp³-hybridized carbons (Fsp3) is 0.182. The van der Waals surface area contributed by atoms with E-state index in [-0.39, 0.29) is 5.41 Å². The monoisotopic (exact) mass is 331 g/mol. The second-order valence-corrected chi connectivity index (χ2v) is 7.66. The van der Waals surface area contributed by atoms with Gasteiger partial charge in [-0.1, -0.05) is 44.2 Å². The van der Waals surface area contributed by atoms with E-state index in [4.69, 9.17) is 0 Å². The van der Waals surface area contributed by atoms with Gasteiger partial charge in [-0.2, -0.15) is 0 Å². The summed E-state index contributed by atoms with van der Waals surface area (Å²) in [5.74, 6) is 0. The summed E-state index contributed by atoms with van der Waals surface area (Å²) >= 11 is 1.76. The third-order valence-corrected chi connectivity index (χ3v) is 5.71. The van der Waals surface area contributed by atoms with Crippen LogP contribution in [-0.2, 0) is 5.41 Å². The molecule has 24 heavy (non-hydrogen) atoms. The van der Waals surface area contributed by atoms with Gasteiger partial charge in [-0.3, -0.25) is 0 Å². The summed E-state index contributed by atoms with van der Waals surface area (Å²) in [6, 6.07) is 24.1. The molecule has 1 aliphatic carbocycles. The second kappa shape index (κ2) is 5.71. The first-order valence-corrected chi connectivity index (χ1v) is 9.47. The molecule has 4 rings (SSSR count). The first-order chi connectivity index (χ1) is 11.6. The molecule has 0 aliphatic heterocycles. The van der Waals surface area contributed by atoms with Crippen LogP contribution in [0.3, 0.4) is 0 Å². The van der Waals surface area contributed by atoms with Crippen LogP contribution in [0.25, 0.3) is 11.1 Å². The van der Waals surface area contributed by atoms with E-state index in [1.54, 1.807) is 11.8 Å². The average molecular weight is 331 g/mol. The van der Waals surface area contributed by atoms with Crippen molar-refractivity contribution in [3.8, 4) is 11.1 Å². The lowest BCUT2D eigenvalue weighted by Gasteiger charge is -2.21. The van der Waals surface area contributed by atoms with E-state index < -0.39 is 0 Å². The molecule has 0 heterocycles. The maximum absolute atomic E-state index is 3.53. The molecular weight excluding hydrogens is 310 g/mol. The Hall–Kier alpha value is -2.19. The smallest absolute Gasteiger partial charge is 0.0390 e. The first kappa shape index (κ1) is 15.3. The van der Waals surface area contributed by atoms with Gasteiger partial charge in [0.2, 0.25) is 0 Å². The highest BCUT2D eigenvalue weighted by Crippen LogP contribution is 2.49. The Bertz CT molecular complexity index is 894. The van der Waals surface area contributed by atoms with Crippen molar-refractivity contribution in [2.45, 2.75) is 24.2 Å². The van der Waals surface area contributed by atoms with Crippen molar-refractivity contribution in [3.63, 3.8) is 0 Å². The number of fused-ring (bicyclic) bond motifs is 3. The van der Waals surface area contributed by atoms with Crippen molar-refractivity contribution in [2.24, 2.45) is 0 Å².